The van der Waals surface area contributed by atoms with Gasteiger partial charge in [-0.3, -0.25) is 4.79 Å². The van der Waals surface area contributed by atoms with E-state index in [0.717, 1.165) is 5.57 Å². The van der Waals surface area contributed by atoms with Gasteiger partial charge in [-0.2, -0.15) is 0 Å². The van der Waals surface area contributed by atoms with E-state index in [1.807, 2.05) is 19.9 Å². The van der Waals surface area contributed by atoms with Gasteiger partial charge in [-0.1, -0.05) is 29.9 Å². The lowest BCUT2D eigenvalue weighted by atomic mass is 9.99. The molecule has 142 valence electrons. The monoisotopic (exact) mass is 370 g/mol. The molecule has 0 radical (unpaired) electrons. The number of hydrogen-bond donors (Lipinski definition) is 1. The fourth-order valence-corrected chi connectivity index (χ4v) is 2.58. The van der Waals surface area contributed by atoms with Crippen molar-refractivity contribution in [3.05, 3.63) is 70.6 Å². The van der Waals surface area contributed by atoms with E-state index in [2.05, 4.69) is 0 Å². The Hall–Kier alpha value is -3.08. The highest BCUT2D eigenvalue weighted by atomic mass is 19.1. The summed E-state index contributed by atoms with van der Waals surface area (Å²) in [5.41, 5.74) is 2.32. The summed E-state index contributed by atoms with van der Waals surface area (Å²) < 4.78 is 23.6. The molecule has 0 aliphatic rings. The van der Waals surface area contributed by atoms with Crippen LogP contribution in [0, 0.1) is 5.82 Å². The van der Waals surface area contributed by atoms with Gasteiger partial charge in [0.1, 0.15) is 28.6 Å². The summed E-state index contributed by atoms with van der Waals surface area (Å²) >= 11 is 0. The van der Waals surface area contributed by atoms with Crippen molar-refractivity contribution in [2.75, 3.05) is 14.2 Å². The van der Waals surface area contributed by atoms with Gasteiger partial charge in [0, 0.05) is 11.6 Å². The van der Waals surface area contributed by atoms with E-state index in [1.165, 1.54) is 32.4 Å². The van der Waals surface area contributed by atoms with Crippen LogP contribution in [-0.2, 0) is 6.42 Å². The van der Waals surface area contributed by atoms with Crippen LogP contribution < -0.4 is 9.47 Å². The number of ether oxygens (including phenoxy) is 2. The van der Waals surface area contributed by atoms with Gasteiger partial charge in [0.05, 0.1) is 14.2 Å². The molecule has 0 atom stereocenters. The average molecular weight is 370 g/mol. The Morgan fingerprint density at radius 2 is 1.74 bits per heavy atom. The molecule has 0 spiro atoms. The van der Waals surface area contributed by atoms with Crippen molar-refractivity contribution in [2.45, 2.75) is 20.3 Å². The number of halogens is 1. The summed E-state index contributed by atoms with van der Waals surface area (Å²) in [6.45, 7) is 3.90. The Labute approximate surface area is 158 Å². The largest absolute Gasteiger partial charge is 0.507 e. The molecule has 2 aromatic carbocycles. The molecular weight excluding hydrogens is 347 g/mol. The standard InChI is InChI=1S/C22H23FO4/c1-14(2)5-11-17-19(26-3)13-20(27-4)21(22(17)25)18(24)12-8-15-6-9-16(23)10-7-15/h5-10,12-13,25H,11H2,1-4H3/b12-8+. The van der Waals surface area contributed by atoms with Gasteiger partial charge in [-0.25, -0.2) is 4.39 Å². The van der Waals surface area contributed by atoms with Crippen LogP contribution in [0.1, 0.15) is 35.3 Å². The van der Waals surface area contributed by atoms with Gasteiger partial charge in [0.15, 0.2) is 5.78 Å². The maximum Gasteiger partial charge on any atom is 0.193 e. The van der Waals surface area contributed by atoms with Crippen molar-refractivity contribution >= 4 is 11.9 Å². The van der Waals surface area contributed by atoms with E-state index >= 15 is 0 Å². The molecule has 0 aromatic heterocycles. The Kier molecular flexibility index (Phi) is 6.77. The number of rotatable bonds is 7. The third-order valence-corrected chi connectivity index (χ3v) is 4.03. The van der Waals surface area contributed by atoms with Crippen molar-refractivity contribution < 1.29 is 23.8 Å². The van der Waals surface area contributed by atoms with Crippen molar-refractivity contribution in [3.8, 4) is 17.2 Å². The predicted molar refractivity (Wildman–Crippen MR) is 104 cm³/mol. The van der Waals surface area contributed by atoms with Crippen molar-refractivity contribution in [1.29, 1.82) is 0 Å². The molecule has 27 heavy (non-hydrogen) atoms. The Bertz CT molecular complexity index is 876. The second-order valence-electron chi connectivity index (χ2n) is 6.22. The molecule has 0 fully saturated rings. The van der Waals surface area contributed by atoms with Crippen LogP contribution in [0.4, 0.5) is 4.39 Å². The van der Waals surface area contributed by atoms with E-state index in [0.29, 0.717) is 23.3 Å². The number of carbonyl (C=O) groups is 1. The third kappa shape index (κ3) is 4.97. The van der Waals surface area contributed by atoms with Crippen LogP contribution in [0.2, 0.25) is 0 Å². The molecule has 0 amide bonds. The summed E-state index contributed by atoms with van der Waals surface area (Å²) in [5, 5.41) is 10.7. The number of carbonyl (C=O) groups excluding carboxylic acids is 1. The smallest absolute Gasteiger partial charge is 0.193 e. The molecule has 0 bridgehead atoms. The number of ketones is 1. The zero-order valence-electron chi connectivity index (χ0n) is 15.9. The summed E-state index contributed by atoms with van der Waals surface area (Å²) in [5.74, 6) is -0.274. The highest BCUT2D eigenvalue weighted by Crippen LogP contribution is 2.39. The van der Waals surface area contributed by atoms with Gasteiger partial charge >= 0.3 is 0 Å². The fourth-order valence-electron chi connectivity index (χ4n) is 2.58. The summed E-state index contributed by atoms with van der Waals surface area (Å²) in [6.07, 6.45) is 5.23. The van der Waals surface area contributed by atoms with Crippen LogP contribution in [0.5, 0.6) is 17.2 Å². The van der Waals surface area contributed by atoms with Gasteiger partial charge in [-0.05, 0) is 44.0 Å². The molecule has 0 saturated carbocycles. The molecule has 2 aromatic rings. The summed E-state index contributed by atoms with van der Waals surface area (Å²) in [6, 6.07) is 7.34. The van der Waals surface area contributed by atoms with Crippen molar-refractivity contribution in [1.82, 2.24) is 0 Å². The quantitative estimate of drug-likeness (QED) is 0.425. The number of phenolic OH excluding ortho intramolecular Hbond substituents is 1. The lowest BCUT2D eigenvalue weighted by molar-refractivity contribution is 0.104. The normalized spacial score (nSPS) is 10.7. The van der Waals surface area contributed by atoms with E-state index in [1.54, 1.807) is 24.3 Å². The SMILES string of the molecule is COc1cc(OC)c(C(=O)/C=C/c2ccc(F)cc2)c(O)c1CC=C(C)C. The summed E-state index contributed by atoms with van der Waals surface area (Å²) in [4.78, 5) is 12.7. The molecule has 1 N–H and O–H groups in total. The molecule has 0 aliphatic heterocycles. The van der Waals surface area contributed by atoms with Gasteiger partial charge in [-0.15, -0.1) is 0 Å². The number of hydrogen-bond acceptors (Lipinski definition) is 4. The number of aromatic hydroxyl groups is 1. The molecule has 2 rings (SSSR count). The van der Waals surface area contributed by atoms with Crippen LogP contribution in [0.25, 0.3) is 6.08 Å². The molecule has 0 heterocycles. The Balaban J connectivity index is 2.46. The minimum absolute atomic E-state index is 0.0637. The first-order valence-corrected chi connectivity index (χ1v) is 8.45. The fraction of sp³-hybridized carbons (Fsp3) is 0.227. The third-order valence-electron chi connectivity index (χ3n) is 4.03. The maximum atomic E-state index is 13.0. The summed E-state index contributed by atoms with van der Waals surface area (Å²) in [7, 11) is 2.92. The predicted octanol–water partition coefficient (Wildman–Crippen LogP) is 4.95. The second kappa shape index (κ2) is 9.03. The second-order valence-corrected chi connectivity index (χ2v) is 6.22. The van der Waals surface area contributed by atoms with E-state index in [-0.39, 0.29) is 22.9 Å². The molecule has 5 heteroatoms. The minimum Gasteiger partial charge on any atom is -0.507 e. The van der Waals surface area contributed by atoms with Crippen LogP contribution in [0.3, 0.4) is 0 Å². The number of phenols is 1. The number of benzene rings is 2. The highest BCUT2D eigenvalue weighted by molar-refractivity contribution is 6.11. The molecule has 4 nitrogen and oxygen atoms in total. The van der Waals surface area contributed by atoms with Crippen LogP contribution >= 0.6 is 0 Å². The Morgan fingerprint density at radius 1 is 1.11 bits per heavy atom. The molecule has 0 unspecified atom stereocenters. The van der Waals surface area contributed by atoms with Crippen LogP contribution in [-0.4, -0.2) is 25.1 Å². The number of allylic oxidation sites excluding steroid dienone is 3. The zero-order valence-corrected chi connectivity index (χ0v) is 15.9. The highest BCUT2D eigenvalue weighted by Gasteiger charge is 2.22. The first kappa shape index (κ1) is 20.2. The maximum absolute atomic E-state index is 13.0. The average Bonchev–Trinajstić information content (AvgIpc) is 2.65. The van der Waals surface area contributed by atoms with Crippen LogP contribution in [0.15, 0.2) is 48.1 Å². The lowest BCUT2D eigenvalue weighted by Crippen LogP contribution is -2.04. The lowest BCUT2D eigenvalue weighted by Gasteiger charge is -2.15. The first-order chi connectivity index (χ1) is 12.9. The number of methoxy groups -OCH3 is 2. The van der Waals surface area contributed by atoms with E-state index < -0.39 is 5.78 Å². The van der Waals surface area contributed by atoms with E-state index in [4.69, 9.17) is 9.47 Å². The van der Waals surface area contributed by atoms with Gasteiger partial charge in [0.2, 0.25) is 0 Å². The first-order valence-electron chi connectivity index (χ1n) is 8.45. The van der Waals surface area contributed by atoms with Crippen molar-refractivity contribution in [3.63, 3.8) is 0 Å². The molecule has 0 saturated heterocycles. The zero-order chi connectivity index (χ0) is 20.0. The van der Waals surface area contributed by atoms with Crippen molar-refractivity contribution in [2.24, 2.45) is 0 Å². The van der Waals surface area contributed by atoms with E-state index in [9.17, 15) is 14.3 Å². The molecule has 0 aliphatic carbocycles. The van der Waals surface area contributed by atoms with Gasteiger partial charge in [0.25, 0.3) is 0 Å². The topological polar surface area (TPSA) is 55.8 Å². The Morgan fingerprint density at radius 3 is 2.30 bits per heavy atom. The van der Waals surface area contributed by atoms with Gasteiger partial charge < -0.3 is 14.6 Å². The minimum atomic E-state index is -0.422. The molecular formula is C22H23FO4.